The molecule has 5 rings (SSSR count). The number of carbonyl (C=O) groups is 2. The maximum absolute atomic E-state index is 12.9. The second-order valence-corrected chi connectivity index (χ2v) is 10.8. The van der Waals surface area contributed by atoms with Crippen molar-refractivity contribution in [3.05, 3.63) is 94.5 Å². The van der Waals surface area contributed by atoms with Crippen molar-refractivity contribution in [1.82, 2.24) is 5.01 Å². The molecule has 2 unspecified atom stereocenters. The third-order valence-corrected chi connectivity index (χ3v) is 7.89. The Morgan fingerprint density at radius 3 is 2.42 bits per heavy atom. The number of carbonyl (C=O) groups excluding carboxylic acids is 2. The van der Waals surface area contributed by atoms with Gasteiger partial charge in [0.05, 0.1) is 18.9 Å². The van der Waals surface area contributed by atoms with Crippen LogP contribution in [-0.2, 0) is 9.59 Å². The Bertz CT molecular complexity index is 1430. The maximum Gasteiger partial charge on any atom is 0.262 e. The van der Waals surface area contributed by atoms with Gasteiger partial charge in [0.1, 0.15) is 11.0 Å². The first-order valence-electron chi connectivity index (χ1n) is 12.5. The summed E-state index contributed by atoms with van der Waals surface area (Å²) in [5.74, 6) is 0.261. The van der Waals surface area contributed by atoms with Crippen LogP contribution < -0.4 is 10.1 Å². The first kappa shape index (κ1) is 25.7. The molecule has 2 heterocycles. The van der Waals surface area contributed by atoms with Gasteiger partial charge in [0, 0.05) is 18.5 Å². The van der Waals surface area contributed by atoms with Crippen molar-refractivity contribution in [3.8, 4) is 5.75 Å². The predicted molar refractivity (Wildman–Crippen MR) is 153 cm³/mol. The molecule has 0 aromatic heterocycles. The van der Waals surface area contributed by atoms with Crippen LogP contribution in [0.15, 0.2) is 76.8 Å². The average molecular weight is 527 g/mol. The minimum atomic E-state index is -0.588. The molecule has 38 heavy (non-hydrogen) atoms. The number of benzene rings is 3. The first-order chi connectivity index (χ1) is 18.3. The van der Waals surface area contributed by atoms with Gasteiger partial charge in [0.25, 0.3) is 5.91 Å². The van der Waals surface area contributed by atoms with E-state index in [2.05, 4.69) is 41.5 Å². The zero-order chi connectivity index (χ0) is 26.8. The normalized spacial score (nSPS) is 18.8. The summed E-state index contributed by atoms with van der Waals surface area (Å²) in [6, 6.07) is 21.9. The fourth-order valence-corrected chi connectivity index (χ4v) is 5.68. The number of thioether (sulfide) groups is 1. The number of ether oxygens (including phenoxy) is 1. The van der Waals surface area contributed by atoms with E-state index >= 15 is 0 Å². The van der Waals surface area contributed by atoms with Gasteiger partial charge in [-0.1, -0.05) is 59.3 Å². The van der Waals surface area contributed by atoms with E-state index in [1.807, 2.05) is 61.3 Å². The zero-order valence-corrected chi connectivity index (χ0v) is 22.7. The highest BCUT2D eigenvalue weighted by molar-refractivity contribution is 8.15. The summed E-state index contributed by atoms with van der Waals surface area (Å²) in [5.41, 5.74) is 7.03. The number of rotatable bonds is 6. The third kappa shape index (κ3) is 5.50. The Morgan fingerprint density at radius 2 is 1.74 bits per heavy atom. The lowest BCUT2D eigenvalue weighted by molar-refractivity contribution is -0.121. The van der Waals surface area contributed by atoms with E-state index in [4.69, 9.17) is 9.84 Å². The third-order valence-electron chi connectivity index (χ3n) is 6.75. The quantitative estimate of drug-likeness (QED) is 0.439. The molecule has 1 N–H and O–H groups in total. The van der Waals surface area contributed by atoms with Gasteiger partial charge < -0.3 is 10.1 Å². The summed E-state index contributed by atoms with van der Waals surface area (Å²) in [6.45, 7) is 6.02. The SMILES string of the molecule is COc1ccc(C2=NN(C3=NC(=O)C(CC(=O)Nc4ccc(C)cc4C)S3)C(c3ccc(C)cc3)C2)cc1. The van der Waals surface area contributed by atoms with E-state index in [0.717, 1.165) is 39.4 Å². The molecule has 2 aliphatic rings. The molecule has 2 atom stereocenters. The van der Waals surface area contributed by atoms with Gasteiger partial charge in [-0.25, -0.2) is 5.01 Å². The van der Waals surface area contributed by atoms with Crippen LogP contribution >= 0.6 is 11.8 Å². The molecule has 0 spiro atoms. The Kier molecular flexibility index (Phi) is 7.33. The smallest absolute Gasteiger partial charge is 0.262 e. The van der Waals surface area contributed by atoms with Gasteiger partial charge in [-0.2, -0.15) is 10.1 Å². The standard InChI is InChI=1S/C30H30N4O3S/c1-18-5-8-22(9-6-18)26-16-25(21-10-12-23(37-4)13-11-21)33-34(26)30-32-29(36)27(38-30)17-28(35)31-24-14-7-19(2)15-20(24)3/h5-15,26-27H,16-17H2,1-4H3,(H,31,35). The number of hydrogen-bond donors (Lipinski definition) is 1. The largest absolute Gasteiger partial charge is 0.497 e. The minimum Gasteiger partial charge on any atom is -0.497 e. The molecule has 8 heteroatoms. The summed E-state index contributed by atoms with van der Waals surface area (Å²) in [5, 5.41) is 9.63. The van der Waals surface area contributed by atoms with Crippen LogP contribution in [0.3, 0.4) is 0 Å². The van der Waals surface area contributed by atoms with Crippen LogP contribution in [0, 0.1) is 20.8 Å². The highest BCUT2D eigenvalue weighted by Crippen LogP contribution is 2.39. The van der Waals surface area contributed by atoms with Crippen molar-refractivity contribution in [2.45, 2.75) is 44.9 Å². The van der Waals surface area contributed by atoms with Crippen LogP contribution in [0.4, 0.5) is 5.69 Å². The number of amidine groups is 1. The Labute approximate surface area is 227 Å². The highest BCUT2D eigenvalue weighted by atomic mass is 32.2. The Morgan fingerprint density at radius 1 is 1.03 bits per heavy atom. The fourth-order valence-electron chi connectivity index (χ4n) is 4.62. The van der Waals surface area contributed by atoms with Gasteiger partial charge in [-0.15, -0.1) is 0 Å². The van der Waals surface area contributed by atoms with E-state index < -0.39 is 5.25 Å². The molecular formula is C30H30N4O3S. The van der Waals surface area contributed by atoms with E-state index in [1.165, 1.54) is 17.3 Å². The van der Waals surface area contributed by atoms with Crippen molar-refractivity contribution in [2.75, 3.05) is 12.4 Å². The van der Waals surface area contributed by atoms with Gasteiger partial charge in [-0.3, -0.25) is 9.59 Å². The fraction of sp³-hybridized carbons (Fsp3) is 0.267. The van der Waals surface area contributed by atoms with Crippen molar-refractivity contribution in [1.29, 1.82) is 0 Å². The van der Waals surface area contributed by atoms with Crippen LogP contribution in [0.25, 0.3) is 0 Å². The molecule has 194 valence electrons. The summed E-state index contributed by atoms with van der Waals surface area (Å²) in [7, 11) is 1.64. The molecule has 0 aliphatic carbocycles. The molecule has 0 radical (unpaired) electrons. The molecule has 3 aromatic carbocycles. The zero-order valence-electron chi connectivity index (χ0n) is 21.9. The second-order valence-electron chi connectivity index (χ2n) is 9.66. The Hall–Kier alpha value is -3.91. The minimum absolute atomic E-state index is 0.0436. The van der Waals surface area contributed by atoms with Gasteiger partial charge in [-0.05, 0) is 67.8 Å². The van der Waals surface area contributed by atoms with E-state index in [1.54, 1.807) is 7.11 Å². The predicted octanol–water partition coefficient (Wildman–Crippen LogP) is 5.80. The van der Waals surface area contributed by atoms with Crippen molar-refractivity contribution < 1.29 is 14.3 Å². The van der Waals surface area contributed by atoms with Crippen LogP contribution in [0.1, 0.15) is 46.7 Å². The van der Waals surface area contributed by atoms with Crippen molar-refractivity contribution in [2.24, 2.45) is 10.1 Å². The maximum atomic E-state index is 12.9. The molecule has 0 saturated carbocycles. The lowest BCUT2D eigenvalue weighted by atomic mass is 9.98. The number of hydrazone groups is 1. The number of methoxy groups -OCH3 is 1. The molecule has 0 saturated heterocycles. The number of aryl methyl sites for hydroxylation is 3. The number of amides is 2. The van der Waals surface area contributed by atoms with Gasteiger partial charge in [0.2, 0.25) is 5.91 Å². The summed E-state index contributed by atoms with van der Waals surface area (Å²) >= 11 is 1.30. The number of nitrogens with zero attached hydrogens (tertiary/aromatic N) is 3. The molecule has 3 aromatic rings. The van der Waals surface area contributed by atoms with E-state index in [-0.39, 0.29) is 24.3 Å². The van der Waals surface area contributed by atoms with Crippen molar-refractivity contribution in [3.63, 3.8) is 0 Å². The molecular weight excluding hydrogens is 496 g/mol. The molecule has 0 bridgehead atoms. The molecule has 2 amide bonds. The highest BCUT2D eigenvalue weighted by Gasteiger charge is 2.39. The van der Waals surface area contributed by atoms with Crippen LogP contribution in [-0.4, -0.2) is 40.1 Å². The van der Waals surface area contributed by atoms with E-state index in [0.29, 0.717) is 11.6 Å². The topological polar surface area (TPSA) is 83.4 Å². The summed E-state index contributed by atoms with van der Waals surface area (Å²) in [6.07, 6.45) is 0.711. The lowest BCUT2D eigenvalue weighted by Gasteiger charge is -2.23. The summed E-state index contributed by atoms with van der Waals surface area (Å²) < 4.78 is 5.30. The molecule has 2 aliphatic heterocycles. The lowest BCUT2D eigenvalue weighted by Crippen LogP contribution is -2.25. The first-order valence-corrected chi connectivity index (χ1v) is 13.4. The average Bonchev–Trinajstić information content (AvgIpc) is 3.50. The van der Waals surface area contributed by atoms with Gasteiger partial charge >= 0.3 is 0 Å². The van der Waals surface area contributed by atoms with E-state index in [9.17, 15) is 9.59 Å². The Balaban J connectivity index is 1.35. The monoisotopic (exact) mass is 526 g/mol. The second kappa shape index (κ2) is 10.8. The van der Waals surface area contributed by atoms with Crippen LogP contribution in [0.5, 0.6) is 5.75 Å². The van der Waals surface area contributed by atoms with Crippen LogP contribution in [0.2, 0.25) is 0 Å². The number of anilines is 1. The summed E-state index contributed by atoms with van der Waals surface area (Å²) in [4.78, 5) is 30.0. The number of nitrogens with one attached hydrogen (secondary N) is 1. The number of hydrogen-bond acceptors (Lipinski definition) is 6. The number of aliphatic imine (C=N–C) groups is 1. The molecule has 7 nitrogen and oxygen atoms in total. The van der Waals surface area contributed by atoms with Gasteiger partial charge in [0.15, 0.2) is 5.17 Å². The molecule has 0 fully saturated rings. The van der Waals surface area contributed by atoms with Crippen molar-refractivity contribution >= 4 is 40.1 Å².